The molecule has 0 bridgehead atoms. The molecular formula is C14H20N2O2. The number of nitrogens with zero attached hydrogens (tertiary/aromatic N) is 1. The minimum Gasteiger partial charge on any atom is -0.454 e. The molecule has 1 fully saturated rings. The number of benzene rings is 1. The van der Waals surface area contributed by atoms with E-state index in [1.54, 1.807) is 0 Å². The lowest BCUT2D eigenvalue weighted by Crippen LogP contribution is -2.31. The summed E-state index contributed by atoms with van der Waals surface area (Å²) >= 11 is 0. The lowest BCUT2D eigenvalue weighted by atomic mass is 10.0. The molecule has 4 nitrogen and oxygen atoms in total. The second kappa shape index (κ2) is 4.78. The van der Waals surface area contributed by atoms with Gasteiger partial charge in [0.2, 0.25) is 6.79 Å². The van der Waals surface area contributed by atoms with Crippen molar-refractivity contribution in [3.63, 3.8) is 0 Å². The highest BCUT2D eigenvalue weighted by Gasteiger charge is 2.27. The molecule has 1 saturated heterocycles. The Morgan fingerprint density at radius 1 is 1.39 bits per heavy atom. The molecule has 1 aromatic carbocycles. The Morgan fingerprint density at radius 2 is 2.22 bits per heavy atom. The summed E-state index contributed by atoms with van der Waals surface area (Å²) in [4.78, 5) is 2.47. The third-order valence-corrected chi connectivity index (χ3v) is 3.90. The highest BCUT2D eigenvalue weighted by atomic mass is 16.7. The van der Waals surface area contributed by atoms with E-state index in [1.165, 1.54) is 12.0 Å². The zero-order valence-electron chi connectivity index (χ0n) is 10.8. The van der Waals surface area contributed by atoms with Crippen molar-refractivity contribution < 1.29 is 9.47 Å². The summed E-state index contributed by atoms with van der Waals surface area (Å²) in [6.45, 7) is 5.54. The summed E-state index contributed by atoms with van der Waals surface area (Å²) in [5, 5.41) is 0. The van der Waals surface area contributed by atoms with Gasteiger partial charge in [-0.05, 0) is 36.6 Å². The number of likely N-dealkylation sites (tertiary alicyclic amines) is 1. The first-order valence-corrected chi connectivity index (χ1v) is 6.61. The topological polar surface area (TPSA) is 47.7 Å². The van der Waals surface area contributed by atoms with E-state index in [0.717, 1.165) is 30.5 Å². The SMILES string of the molecule is CC1CCN(C(CN)c2ccc3c(c2)OCO3)C1. The predicted octanol–water partition coefficient (Wildman–Crippen LogP) is 1.76. The molecule has 0 spiro atoms. The second-order valence-corrected chi connectivity index (χ2v) is 5.25. The monoisotopic (exact) mass is 248 g/mol. The molecule has 0 amide bonds. The molecule has 2 heterocycles. The molecule has 2 aliphatic heterocycles. The molecule has 3 rings (SSSR count). The van der Waals surface area contributed by atoms with Gasteiger partial charge in [0, 0.05) is 19.1 Å². The maximum Gasteiger partial charge on any atom is 0.231 e. The van der Waals surface area contributed by atoms with Crippen LogP contribution in [0.5, 0.6) is 11.5 Å². The number of hydrogen-bond donors (Lipinski definition) is 1. The van der Waals surface area contributed by atoms with Crippen molar-refractivity contribution in [3.8, 4) is 11.5 Å². The smallest absolute Gasteiger partial charge is 0.231 e. The molecule has 0 aliphatic carbocycles. The average molecular weight is 248 g/mol. The first-order valence-electron chi connectivity index (χ1n) is 6.61. The number of rotatable bonds is 3. The Kier molecular flexibility index (Phi) is 3.14. The van der Waals surface area contributed by atoms with Crippen LogP contribution in [0.15, 0.2) is 18.2 Å². The maximum atomic E-state index is 5.96. The predicted molar refractivity (Wildman–Crippen MR) is 69.7 cm³/mol. The van der Waals surface area contributed by atoms with E-state index < -0.39 is 0 Å². The van der Waals surface area contributed by atoms with Crippen LogP contribution >= 0.6 is 0 Å². The molecule has 0 saturated carbocycles. The van der Waals surface area contributed by atoms with Gasteiger partial charge >= 0.3 is 0 Å². The first-order chi connectivity index (χ1) is 8.78. The highest BCUT2D eigenvalue weighted by Crippen LogP contribution is 2.36. The van der Waals surface area contributed by atoms with Gasteiger partial charge in [-0.3, -0.25) is 4.90 Å². The molecule has 4 heteroatoms. The van der Waals surface area contributed by atoms with E-state index in [1.807, 2.05) is 6.07 Å². The van der Waals surface area contributed by atoms with Crippen molar-refractivity contribution in [2.75, 3.05) is 26.4 Å². The van der Waals surface area contributed by atoms with Crippen LogP contribution in [0, 0.1) is 5.92 Å². The summed E-state index contributed by atoms with van der Waals surface area (Å²) in [5.41, 5.74) is 7.19. The molecule has 2 aliphatic rings. The van der Waals surface area contributed by atoms with E-state index in [4.69, 9.17) is 15.2 Å². The summed E-state index contributed by atoms with van der Waals surface area (Å²) in [6, 6.07) is 6.46. The van der Waals surface area contributed by atoms with E-state index in [9.17, 15) is 0 Å². The Hall–Kier alpha value is -1.26. The second-order valence-electron chi connectivity index (χ2n) is 5.25. The summed E-state index contributed by atoms with van der Waals surface area (Å²) in [7, 11) is 0. The molecule has 2 unspecified atom stereocenters. The minimum atomic E-state index is 0.296. The zero-order chi connectivity index (χ0) is 12.5. The summed E-state index contributed by atoms with van der Waals surface area (Å²) in [5.74, 6) is 2.45. The molecule has 2 N–H and O–H groups in total. The van der Waals surface area contributed by atoms with E-state index in [0.29, 0.717) is 19.4 Å². The number of hydrogen-bond acceptors (Lipinski definition) is 4. The van der Waals surface area contributed by atoms with Crippen LogP contribution in [-0.2, 0) is 0 Å². The molecule has 0 aromatic heterocycles. The van der Waals surface area contributed by atoms with Crippen molar-refractivity contribution in [2.45, 2.75) is 19.4 Å². The van der Waals surface area contributed by atoms with Crippen molar-refractivity contribution in [2.24, 2.45) is 11.7 Å². The quantitative estimate of drug-likeness (QED) is 0.885. The van der Waals surface area contributed by atoms with Crippen molar-refractivity contribution in [3.05, 3.63) is 23.8 Å². The number of fused-ring (bicyclic) bond motifs is 1. The van der Waals surface area contributed by atoms with Crippen molar-refractivity contribution >= 4 is 0 Å². The van der Waals surface area contributed by atoms with E-state index in [-0.39, 0.29) is 0 Å². The van der Waals surface area contributed by atoms with Crippen LogP contribution in [0.2, 0.25) is 0 Å². The average Bonchev–Trinajstić information content (AvgIpc) is 2.99. The van der Waals surface area contributed by atoms with Crippen LogP contribution in [0.4, 0.5) is 0 Å². The lowest BCUT2D eigenvalue weighted by Gasteiger charge is -2.27. The number of nitrogens with two attached hydrogens (primary N) is 1. The Balaban J connectivity index is 1.83. The minimum absolute atomic E-state index is 0.296. The first kappa shape index (κ1) is 11.8. The highest BCUT2D eigenvalue weighted by molar-refractivity contribution is 5.45. The fourth-order valence-corrected chi connectivity index (χ4v) is 2.87. The normalized spacial score (nSPS) is 24.4. The fourth-order valence-electron chi connectivity index (χ4n) is 2.87. The van der Waals surface area contributed by atoms with E-state index >= 15 is 0 Å². The largest absolute Gasteiger partial charge is 0.454 e. The molecule has 18 heavy (non-hydrogen) atoms. The van der Waals surface area contributed by atoms with Gasteiger partial charge in [0.05, 0.1) is 0 Å². The molecule has 0 radical (unpaired) electrons. The summed E-state index contributed by atoms with van der Waals surface area (Å²) < 4.78 is 10.8. The Bertz CT molecular complexity index is 436. The van der Waals surface area contributed by atoms with Crippen LogP contribution in [0.1, 0.15) is 24.9 Å². The maximum absolute atomic E-state index is 5.96. The van der Waals surface area contributed by atoms with E-state index in [2.05, 4.69) is 24.0 Å². The van der Waals surface area contributed by atoms with Gasteiger partial charge in [0.15, 0.2) is 11.5 Å². The van der Waals surface area contributed by atoms with Crippen LogP contribution in [0.3, 0.4) is 0 Å². The van der Waals surface area contributed by atoms with Gasteiger partial charge in [-0.15, -0.1) is 0 Å². The number of ether oxygens (including phenoxy) is 2. The van der Waals surface area contributed by atoms with Gasteiger partial charge in [0.25, 0.3) is 0 Å². The molecular weight excluding hydrogens is 228 g/mol. The molecule has 2 atom stereocenters. The fraction of sp³-hybridized carbons (Fsp3) is 0.571. The van der Waals surface area contributed by atoms with Gasteiger partial charge in [-0.25, -0.2) is 0 Å². The summed E-state index contributed by atoms with van der Waals surface area (Å²) in [6.07, 6.45) is 1.26. The Morgan fingerprint density at radius 3 is 2.94 bits per heavy atom. The van der Waals surface area contributed by atoms with Crippen molar-refractivity contribution in [1.82, 2.24) is 4.90 Å². The van der Waals surface area contributed by atoms with Gasteiger partial charge in [-0.1, -0.05) is 13.0 Å². The Labute approximate surface area is 108 Å². The standard InChI is InChI=1S/C14H20N2O2/c1-10-4-5-16(8-10)12(7-15)11-2-3-13-14(6-11)18-9-17-13/h2-3,6,10,12H,4-5,7-9,15H2,1H3. The molecule has 1 aromatic rings. The third-order valence-electron chi connectivity index (χ3n) is 3.90. The van der Waals surface area contributed by atoms with Gasteiger partial charge < -0.3 is 15.2 Å². The third kappa shape index (κ3) is 2.06. The zero-order valence-corrected chi connectivity index (χ0v) is 10.8. The van der Waals surface area contributed by atoms with Gasteiger partial charge in [-0.2, -0.15) is 0 Å². The lowest BCUT2D eigenvalue weighted by molar-refractivity contribution is 0.173. The van der Waals surface area contributed by atoms with Crippen LogP contribution in [-0.4, -0.2) is 31.3 Å². The van der Waals surface area contributed by atoms with Crippen molar-refractivity contribution in [1.29, 1.82) is 0 Å². The van der Waals surface area contributed by atoms with Crippen LogP contribution < -0.4 is 15.2 Å². The molecule has 98 valence electrons. The van der Waals surface area contributed by atoms with Crippen LogP contribution in [0.25, 0.3) is 0 Å². The van der Waals surface area contributed by atoms with Gasteiger partial charge in [0.1, 0.15) is 0 Å².